The monoisotopic (exact) mass is 662 g/mol. The lowest BCUT2D eigenvalue weighted by Crippen LogP contribution is -2.16. The van der Waals surface area contributed by atoms with Crippen LogP contribution in [0.1, 0.15) is 43.9 Å². The van der Waals surface area contributed by atoms with E-state index < -0.39 is 0 Å². The van der Waals surface area contributed by atoms with Crippen LogP contribution in [0.5, 0.6) is 0 Å². The van der Waals surface area contributed by atoms with Crippen LogP contribution >= 0.6 is 0 Å². The molecular formula is C45H38N6. The highest BCUT2D eigenvalue weighted by molar-refractivity contribution is 6.10. The smallest absolute Gasteiger partial charge is 0.0893 e. The van der Waals surface area contributed by atoms with Crippen LogP contribution in [-0.4, -0.2) is 38.3 Å². The van der Waals surface area contributed by atoms with E-state index in [2.05, 4.69) is 156 Å². The van der Waals surface area contributed by atoms with Crippen molar-refractivity contribution in [1.29, 1.82) is 0 Å². The van der Waals surface area contributed by atoms with Gasteiger partial charge in [-0.05, 0) is 98.5 Å². The normalized spacial score (nSPS) is 15.9. The van der Waals surface area contributed by atoms with Crippen LogP contribution in [-0.2, 0) is 0 Å². The number of aliphatic imine (C=N–C) groups is 1. The molecule has 2 aliphatic rings. The minimum atomic E-state index is 0.280. The van der Waals surface area contributed by atoms with Crippen LogP contribution in [0.3, 0.4) is 0 Å². The number of anilines is 2. The summed E-state index contributed by atoms with van der Waals surface area (Å²) >= 11 is 0. The van der Waals surface area contributed by atoms with Crippen molar-refractivity contribution in [3.05, 3.63) is 151 Å². The molecule has 0 saturated carbocycles. The minimum Gasteiger partial charge on any atom is -0.340 e. The lowest BCUT2D eigenvalue weighted by atomic mass is 10.0. The van der Waals surface area contributed by atoms with Gasteiger partial charge in [-0.2, -0.15) is 0 Å². The number of para-hydroxylation sites is 2. The van der Waals surface area contributed by atoms with Crippen molar-refractivity contribution >= 4 is 50.7 Å². The first-order valence-electron chi connectivity index (χ1n) is 17.8. The summed E-state index contributed by atoms with van der Waals surface area (Å²) in [5.41, 5.74) is 13.2. The molecule has 0 N–H and O–H groups in total. The number of pyridine rings is 3. The lowest BCUT2D eigenvalue weighted by molar-refractivity contribution is 0.825. The summed E-state index contributed by atoms with van der Waals surface area (Å²) in [6.45, 7) is 5.13. The fourth-order valence-electron chi connectivity index (χ4n) is 7.54. The summed E-state index contributed by atoms with van der Waals surface area (Å²) in [5.74, 6) is 0.280. The van der Waals surface area contributed by atoms with Crippen molar-refractivity contribution in [3.63, 3.8) is 0 Å². The maximum Gasteiger partial charge on any atom is 0.0893 e. The fourth-order valence-corrected chi connectivity index (χ4v) is 7.54. The quantitative estimate of drug-likeness (QED) is 0.159. The molecule has 248 valence electrons. The Labute approximate surface area is 298 Å². The second kappa shape index (κ2) is 13.0. The Bertz CT molecular complexity index is 2450. The topological polar surface area (TPSA) is 59.2 Å². The van der Waals surface area contributed by atoms with Gasteiger partial charge >= 0.3 is 0 Å². The third-order valence-electron chi connectivity index (χ3n) is 9.95. The van der Waals surface area contributed by atoms with E-state index in [1.807, 2.05) is 18.5 Å². The van der Waals surface area contributed by atoms with Crippen molar-refractivity contribution in [2.75, 3.05) is 11.4 Å². The molecule has 0 spiro atoms. The van der Waals surface area contributed by atoms with Gasteiger partial charge < -0.3 is 9.47 Å². The van der Waals surface area contributed by atoms with Crippen molar-refractivity contribution in [2.45, 2.75) is 38.6 Å². The molecule has 3 aromatic carbocycles. The average molecular weight is 663 g/mol. The van der Waals surface area contributed by atoms with Crippen LogP contribution < -0.4 is 4.90 Å². The highest BCUT2D eigenvalue weighted by Crippen LogP contribution is 2.41. The van der Waals surface area contributed by atoms with Gasteiger partial charge in [0.1, 0.15) is 0 Å². The molecule has 1 unspecified atom stereocenters. The number of hydrogen-bond acceptors (Lipinski definition) is 5. The zero-order chi connectivity index (χ0) is 34.3. The first-order valence-corrected chi connectivity index (χ1v) is 17.8. The van der Waals surface area contributed by atoms with Crippen molar-refractivity contribution in [2.24, 2.45) is 4.99 Å². The van der Waals surface area contributed by atoms with Crippen LogP contribution in [0, 0.1) is 0 Å². The molecule has 0 bridgehead atoms. The van der Waals surface area contributed by atoms with Crippen LogP contribution in [0.15, 0.2) is 145 Å². The Morgan fingerprint density at radius 1 is 0.725 bits per heavy atom. The van der Waals surface area contributed by atoms with Gasteiger partial charge in [0.15, 0.2) is 0 Å². The van der Waals surface area contributed by atoms with Gasteiger partial charge in [0.2, 0.25) is 0 Å². The van der Waals surface area contributed by atoms with Crippen molar-refractivity contribution < 1.29 is 0 Å². The SMILES string of the molecule is CC(C)/N=C\C1CN(c2ccc(-c3cccc(-c4cccc(C5=CCCC(n6c7ccccc7c7cnccc76)=C5)n4)n3)cc2)c2ccccc21. The highest BCUT2D eigenvalue weighted by atomic mass is 15.2. The zero-order valence-corrected chi connectivity index (χ0v) is 28.8. The molecule has 0 fully saturated rings. The Kier molecular flexibility index (Phi) is 7.85. The molecule has 6 heteroatoms. The molecule has 1 aliphatic carbocycles. The van der Waals surface area contributed by atoms with Gasteiger partial charge in [0.25, 0.3) is 0 Å². The number of rotatable bonds is 7. The van der Waals surface area contributed by atoms with Gasteiger partial charge in [0.05, 0.1) is 33.8 Å². The molecule has 9 rings (SSSR count). The lowest BCUT2D eigenvalue weighted by Gasteiger charge is -2.20. The molecule has 7 aromatic rings. The average Bonchev–Trinajstić information content (AvgIpc) is 3.73. The summed E-state index contributed by atoms with van der Waals surface area (Å²) in [6, 6.07) is 40.9. The Morgan fingerprint density at radius 2 is 1.45 bits per heavy atom. The Balaban J connectivity index is 0.990. The van der Waals surface area contributed by atoms with E-state index >= 15 is 0 Å². The summed E-state index contributed by atoms with van der Waals surface area (Å²) in [5, 5.41) is 2.40. The van der Waals surface area contributed by atoms with Crippen molar-refractivity contribution in [1.82, 2.24) is 19.5 Å². The summed E-state index contributed by atoms with van der Waals surface area (Å²) in [4.78, 5) is 21.8. The molecule has 0 amide bonds. The first kappa shape index (κ1) is 30.9. The molecule has 5 heterocycles. The maximum atomic E-state index is 5.15. The summed E-state index contributed by atoms with van der Waals surface area (Å²) in [7, 11) is 0. The molecule has 4 aromatic heterocycles. The molecular weight excluding hydrogens is 625 g/mol. The van der Waals surface area contributed by atoms with E-state index in [4.69, 9.17) is 15.0 Å². The van der Waals surface area contributed by atoms with Gasteiger partial charge in [-0.25, -0.2) is 9.97 Å². The Hall–Kier alpha value is -6.14. The molecule has 1 aliphatic heterocycles. The van der Waals surface area contributed by atoms with Crippen molar-refractivity contribution in [3.8, 4) is 22.6 Å². The van der Waals surface area contributed by atoms with E-state index in [0.29, 0.717) is 0 Å². The van der Waals surface area contributed by atoms with Gasteiger partial charge in [-0.1, -0.05) is 66.7 Å². The van der Waals surface area contributed by atoms with E-state index in [9.17, 15) is 0 Å². The number of benzene rings is 3. The zero-order valence-electron chi connectivity index (χ0n) is 28.8. The van der Waals surface area contributed by atoms with Gasteiger partial charge in [0, 0.05) is 70.5 Å². The summed E-state index contributed by atoms with van der Waals surface area (Å²) < 4.78 is 2.39. The summed E-state index contributed by atoms with van der Waals surface area (Å²) in [6.07, 6.45) is 12.5. The second-order valence-electron chi connectivity index (χ2n) is 13.6. The van der Waals surface area contributed by atoms with E-state index in [1.54, 1.807) is 0 Å². The van der Waals surface area contributed by atoms with E-state index in [-0.39, 0.29) is 12.0 Å². The number of nitrogens with zero attached hydrogens (tertiary/aromatic N) is 6. The molecule has 51 heavy (non-hydrogen) atoms. The van der Waals surface area contributed by atoms with E-state index in [0.717, 1.165) is 53.3 Å². The van der Waals surface area contributed by atoms with Crippen LogP contribution in [0.2, 0.25) is 0 Å². The second-order valence-corrected chi connectivity index (χ2v) is 13.6. The minimum absolute atomic E-state index is 0.280. The predicted molar refractivity (Wildman–Crippen MR) is 211 cm³/mol. The largest absolute Gasteiger partial charge is 0.340 e. The third kappa shape index (κ3) is 5.73. The third-order valence-corrected chi connectivity index (χ3v) is 9.95. The number of hydrogen-bond donors (Lipinski definition) is 0. The fraction of sp³-hybridized carbons (Fsp3) is 0.156. The molecule has 0 radical (unpaired) electrons. The molecule has 6 nitrogen and oxygen atoms in total. The predicted octanol–water partition coefficient (Wildman–Crippen LogP) is 10.7. The number of allylic oxidation sites excluding steroid dienone is 4. The van der Waals surface area contributed by atoms with Gasteiger partial charge in [-0.15, -0.1) is 0 Å². The van der Waals surface area contributed by atoms with Gasteiger partial charge in [-0.3, -0.25) is 9.98 Å². The molecule has 0 saturated heterocycles. The number of fused-ring (bicyclic) bond motifs is 4. The number of aromatic nitrogens is 4. The first-order chi connectivity index (χ1) is 25.1. The molecule has 1 atom stereocenters. The van der Waals surface area contributed by atoms with Crippen LogP contribution in [0.25, 0.3) is 55.7 Å². The highest BCUT2D eigenvalue weighted by Gasteiger charge is 2.28. The van der Waals surface area contributed by atoms with E-state index in [1.165, 1.54) is 44.4 Å². The standard InChI is InChI=1S/C45H38N6/c1-30(2)47-27-33-29-50(43-18-5-3-12-36(33)43)34-22-20-31(21-23-34)39-14-8-16-41(48-39)42-17-9-15-40(49-42)32-10-7-11-35(26-32)51-44-19-6-4-13-37(44)38-28-46-25-24-45(38)51/h3-6,8-10,12-28,30,33H,7,11,29H2,1-2H3/b47-27-. The van der Waals surface area contributed by atoms with Crippen LogP contribution in [0.4, 0.5) is 11.4 Å². The maximum absolute atomic E-state index is 5.15. The Morgan fingerprint density at radius 3 is 2.29 bits per heavy atom.